The lowest BCUT2D eigenvalue weighted by atomic mass is 10.1. The van der Waals surface area contributed by atoms with Crippen LogP contribution in [0.1, 0.15) is 11.1 Å². The van der Waals surface area contributed by atoms with Gasteiger partial charge in [-0.25, -0.2) is 0 Å². The number of halogens is 1. The first-order valence-corrected chi connectivity index (χ1v) is 12.3. The number of carbonyl (C=O) groups excluding carboxylic acids is 1. The van der Waals surface area contributed by atoms with Crippen molar-refractivity contribution >= 4 is 72.7 Å². The molecule has 0 bridgehead atoms. The summed E-state index contributed by atoms with van der Waals surface area (Å²) in [6.45, 7) is 0.467. The minimum absolute atomic E-state index is 0.108. The molecule has 1 amide bonds. The van der Waals surface area contributed by atoms with E-state index >= 15 is 0 Å². The van der Waals surface area contributed by atoms with Crippen LogP contribution in [0.5, 0.6) is 5.75 Å². The number of benzene rings is 4. The molecule has 1 aliphatic heterocycles. The third-order valence-corrected chi connectivity index (χ3v) is 7.25. The maximum Gasteiger partial charge on any atom is 0.270 e. The summed E-state index contributed by atoms with van der Waals surface area (Å²) in [6.07, 6.45) is 1.86. The summed E-state index contributed by atoms with van der Waals surface area (Å²) < 4.78 is 7.46. The zero-order valence-electron chi connectivity index (χ0n) is 17.4. The Bertz CT molecular complexity index is 1400. The van der Waals surface area contributed by atoms with Crippen molar-refractivity contribution in [1.29, 1.82) is 0 Å². The van der Waals surface area contributed by atoms with Crippen LogP contribution in [0.2, 0.25) is 0 Å². The minimum atomic E-state index is -0.108. The highest BCUT2D eigenvalue weighted by Gasteiger charge is 2.33. The van der Waals surface area contributed by atoms with Crippen LogP contribution in [0.3, 0.4) is 0 Å². The van der Waals surface area contributed by atoms with Gasteiger partial charge in [0.15, 0.2) is 4.32 Å². The Labute approximate surface area is 210 Å². The van der Waals surface area contributed by atoms with E-state index in [4.69, 9.17) is 17.0 Å². The predicted octanol–water partition coefficient (Wildman–Crippen LogP) is 7.59. The number of carbonyl (C=O) groups is 1. The molecule has 162 valence electrons. The number of hydrogen-bond acceptors (Lipinski definition) is 4. The molecule has 1 fully saturated rings. The summed E-state index contributed by atoms with van der Waals surface area (Å²) in [5.41, 5.74) is 2.81. The molecule has 1 heterocycles. The lowest BCUT2D eigenvalue weighted by molar-refractivity contribution is -0.113. The normalized spacial score (nSPS) is 14.9. The van der Waals surface area contributed by atoms with Crippen molar-refractivity contribution in [3.63, 3.8) is 0 Å². The Hall–Kier alpha value is -2.93. The SMILES string of the molecule is O=C1/C(=C\c2ccc(OCc3cccc4ccccc34)c(Br)c2)SC(=S)N1c1ccccc1. The van der Waals surface area contributed by atoms with Crippen LogP contribution in [0, 0.1) is 0 Å². The topological polar surface area (TPSA) is 29.5 Å². The number of ether oxygens (including phenoxy) is 1. The van der Waals surface area contributed by atoms with Gasteiger partial charge in [0.1, 0.15) is 12.4 Å². The fourth-order valence-corrected chi connectivity index (χ4v) is 5.53. The molecule has 0 N–H and O–H groups in total. The second-order valence-electron chi connectivity index (χ2n) is 7.47. The molecule has 0 aromatic heterocycles. The first-order chi connectivity index (χ1) is 16.1. The maximum atomic E-state index is 13.0. The lowest BCUT2D eigenvalue weighted by Gasteiger charge is -2.13. The first-order valence-electron chi connectivity index (χ1n) is 10.3. The number of anilines is 1. The van der Waals surface area contributed by atoms with Crippen molar-refractivity contribution in [2.75, 3.05) is 4.90 Å². The molecule has 0 saturated carbocycles. The second-order valence-corrected chi connectivity index (χ2v) is 10.00. The third-order valence-electron chi connectivity index (χ3n) is 5.32. The molecule has 6 heteroatoms. The van der Waals surface area contributed by atoms with E-state index in [1.165, 1.54) is 22.5 Å². The predicted molar refractivity (Wildman–Crippen MR) is 145 cm³/mol. The largest absolute Gasteiger partial charge is 0.488 e. The van der Waals surface area contributed by atoms with Crippen LogP contribution < -0.4 is 9.64 Å². The van der Waals surface area contributed by atoms with Crippen molar-refractivity contribution in [2.45, 2.75) is 6.61 Å². The summed E-state index contributed by atoms with van der Waals surface area (Å²) in [7, 11) is 0. The van der Waals surface area contributed by atoms with Crippen LogP contribution in [-0.4, -0.2) is 10.2 Å². The summed E-state index contributed by atoms with van der Waals surface area (Å²) in [6, 6.07) is 29.8. The van der Waals surface area contributed by atoms with E-state index in [0.29, 0.717) is 15.8 Å². The Kier molecular flexibility index (Phi) is 6.31. The third kappa shape index (κ3) is 4.60. The number of fused-ring (bicyclic) bond motifs is 1. The van der Waals surface area contributed by atoms with Gasteiger partial charge in [0.05, 0.1) is 15.1 Å². The van der Waals surface area contributed by atoms with Gasteiger partial charge >= 0.3 is 0 Å². The van der Waals surface area contributed by atoms with E-state index in [1.807, 2.05) is 72.8 Å². The molecule has 0 spiro atoms. The lowest BCUT2D eigenvalue weighted by Crippen LogP contribution is -2.27. The summed E-state index contributed by atoms with van der Waals surface area (Å²) in [4.78, 5) is 15.1. The van der Waals surface area contributed by atoms with E-state index in [1.54, 1.807) is 4.90 Å². The quantitative estimate of drug-likeness (QED) is 0.196. The zero-order valence-corrected chi connectivity index (χ0v) is 20.6. The minimum Gasteiger partial charge on any atom is -0.488 e. The van der Waals surface area contributed by atoms with E-state index in [9.17, 15) is 4.79 Å². The Morgan fingerprint density at radius 1 is 0.939 bits per heavy atom. The van der Waals surface area contributed by atoms with Gasteiger partial charge in [0.2, 0.25) is 0 Å². The fraction of sp³-hybridized carbons (Fsp3) is 0.0370. The Morgan fingerprint density at radius 3 is 2.52 bits per heavy atom. The van der Waals surface area contributed by atoms with Gasteiger partial charge in [-0.05, 0) is 68.2 Å². The van der Waals surface area contributed by atoms with Gasteiger partial charge in [-0.3, -0.25) is 9.69 Å². The summed E-state index contributed by atoms with van der Waals surface area (Å²) in [5, 5.41) is 2.38. The second kappa shape index (κ2) is 9.51. The number of amides is 1. The van der Waals surface area contributed by atoms with Crippen molar-refractivity contribution in [3.8, 4) is 5.75 Å². The van der Waals surface area contributed by atoms with Crippen LogP contribution in [-0.2, 0) is 11.4 Å². The molecule has 4 aromatic rings. The van der Waals surface area contributed by atoms with E-state index in [-0.39, 0.29) is 5.91 Å². The maximum absolute atomic E-state index is 13.0. The molecule has 3 nitrogen and oxygen atoms in total. The Balaban J connectivity index is 1.33. The highest BCUT2D eigenvalue weighted by Crippen LogP contribution is 2.37. The molecule has 0 atom stereocenters. The van der Waals surface area contributed by atoms with Gasteiger partial charge in [0.25, 0.3) is 5.91 Å². The van der Waals surface area contributed by atoms with Crippen LogP contribution in [0.15, 0.2) is 100 Å². The molecule has 0 aliphatic carbocycles. The van der Waals surface area contributed by atoms with E-state index < -0.39 is 0 Å². The fourth-order valence-electron chi connectivity index (χ4n) is 3.72. The van der Waals surface area contributed by atoms with Crippen LogP contribution in [0.25, 0.3) is 16.8 Å². The van der Waals surface area contributed by atoms with Crippen molar-refractivity contribution < 1.29 is 9.53 Å². The van der Waals surface area contributed by atoms with Crippen molar-refractivity contribution in [2.24, 2.45) is 0 Å². The molecule has 4 aromatic carbocycles. The zero-order chi connectivity index (χ0) is 22.8. The molecule has 33 heavy (non-hydrogen) atoms. The van der Waals surface area contributed by atoms with E-state index in [0.717, 1.165) is 27.0 Å². The van der Waals surface area contributed by atoms with Gasteiger partial charge in [-0.15, -0.1) is 0 Å². The standard InChI is InChI=1S/C27H18BrNO2S2/c28-23-15-18(16-25-26(30)29(27(32)33-25)21-10-2-1-3-11-21)13-14-24(23)31-17-20-9-6-8-19-7-4-5-12-22(19)20/h1-16H,17H2/b25-16+. The molecule has 0 unspecified atom stereocenters. The first kappa shape index (κ1) is 21.9. The molecule has 0 radical (unpaired) electrons. The number of para-hydroxylation sites is 1. The van der Waals surface area contributed by atoms with E-state index in [2.05, 4.69) is 40.2 Å². The highest BCUT2D eigenvalue weighted by atomic mass is 79.9. The van der Waals surface area contributed by atoms with Crippen molar-refractivity contribution in [3.05, 3.63) is 112 Å². The average molecular weight is 532 g/mol. The molecular weight excluding hydrogens is 514 g/mol. The number of rotatable bonds is 5. The monoisotopic (exact) mass is 531 g/mol. The smallest absolute Gasteiger partial charge is 0.270 e. The molecule has 5 rings (SSSR count). The number of thiocarbonyl (C=S) groups is 1. The molecular formula is C27H18BrNO2S2. The number of thioether (sulfide) groups is 1. The molecule has 1 aliphatic rings. The van der Waals surface area contributed by atoms with Gasteiger partial charge < -0.3 is 4.74 Å². The highest BCUT2D eigenvalue weighted by molar-refractivity contribution is 9.10. The number of nitrogens with zero attached hydrogens (tertiary/aromatic N) is 1. The number of hydrogen-bond donors (Lipinski definition) is 0. The summed E-state index contributed by atoms with van der Waals surface area (Å²) in [5.74, 6) is 0.639. The van der Waals surface area contributed by atoms with Crippen LogP contribution in [0.4, 0.5) is 5.69 Å². The van der Waals surface area contributed by atoms with Crippen LogP contribution >= 0.6 is 39.9 Å². The van der Waals surface area contributed by atoms with Gasteiger partial charge in [-0.1, -0.05) is 90.7 Å². The summed E-state index contributed by atoms with van der Waals surface area (Å²) >= 11 is 10.4. The van der Waals surface area contributed by atoms with Gasteiger partial charge in [0, 0.05) is 0 Å². The van der Waals surface area contributed by atoms with Crippen molar-refractivity contribution in [1.82, 2.24) is 0 Å². The molecule has 1 saturated heterocycles. The Morgan fingerprint density at radius 2 is 1.70 bits per heavy atom. The van der Waals surface area contributed by atoms with Gasteiger partial charge in [-0.2, -0.15) is 0 Å². The average Bonchev–Trinajstić information content (AvgIpc) is 3.11.